The van der Waals surface area contributed by atoms with E-state index in [1.807, 2.05) is 24.3 Å². The summed E-state index contributed by atoms with van der Waals surface area (Å²) in [5.74, 6) is 9.42. The van der Waals surface area contributed by atoms with E-state index in [4.69, 9.17) is 19.5 Å². The van der Waals surface area contributed by atoms with E-state index in [1.54, 1.807) is 25.5 Å². The molecule has 0 radical (unpaired) electrons. The summed E-state index contributed by atoms with van der Waals surface area (Å²) in [6.45, 7) is 0. The molecular weight excluding hydrogens is 368 g/mol. The third-order valence-electron chi connectivity index (χ3n) is 3.79. The molecule has 10 heteroatoms. The van der Waals surface area contributed by atoms with Gasteiger partial charge in [-0.05, 0) is 29.8 Å². The van der Waals surface area contributed by atoms with E-state index in [9.17, 15) is 0 Å². The zero-order valence-corrected chi connectivity index (χ0v) is 15.2. The lowest BCUT2D eigenvalue weighted by atomic mass is 10.1. The number of aromatic nitrogens is 5. The monoisotopic (exact) mass is 384 g/mol. The van der Waals surface area contributed by atoms with Gasteiger partial charge in [0.25, 0.3) is 5.89 Å². The zero-order chi connectivity index (χ0) is 18.6. The number of nitrogen functional groups attached to an aromatic ring is 1. The van der Waals surface area contributed by atoms with E-state index in [1.165, 1.54) is 16.4 Å². The van der Waals surface area contributed by atoms with Crippen molar-refractivity contribution in [2.45, 2.75) is 17.3 Å². The molecule has 4 rings (SSSR count). The Hall–Kier alpha value is -3.27. The highest BCUT2D eigenvalue weighted by Crippen LogP contribution is 2.23. The van der Waals surface area contributed by atoms with Gasteiger partial charge in [-0.15, -0.1) is 10.2 Å². The van der Waals surface area contributed by atoms with Crippen molar-refractivity contribution >= 4 is 11.8 Å². The molecule has 1 aromatic carbocycles. The highest BCUT2D eigenvalue weighted by Gasteiger charge is 2.15. The smallest absolute Gasteiger partial charge is 0.293 e. The molecule has 0 saturated heterocycles. The lowest BCUT2D eigenvalue weighted by molar-refractivity contribution is 0.411. The van der Waals surface area contributed by atoms with E-state index in [-0.39, 0.29) is 0 Å². The van der Waals surface area contributed by atoms with Gasteiger partial charge in [0.2, 0.25) is 5.16 Å². The second-order valence-corrected chi connectivity index (χ2v) is 6.52. The van der Waals surface area contributed by atoms with E-state index < -0.39 is 0 Å². The van der Waals surface area contributed by atoms with Crippen LogP contribution in [0.1, 0.15) is 17.2 Å². The van der Waals surface area contributed by atoms with Crippen LogP contribution in [0.25, 0.3) is 11.7 Å². The third-order valence-corrected chi connectivity index (χ3v) is 4.73. The normalized spacial score (nSPS) is 11.0. The number of hydrogen-bond acceptors (Lipinski definition) is 9. The number of thioether (sulfide) groups is 1. The van der Waals surface area contributed by atoms with Crippen molar-refractivity contribution in [3.05, 3.63) is 59.9 Å². The summed E-state index contributed by atoms with van der Waals surface area (Å²) >= 11 is 1.38. The molecule has 0 unspecified atom stereocenters. The Balaban J connectivity index is 1.40. The van der Waals surface area contributed by atoms with Crippen LogP contribution in [-0.2, 0) is 12.2 Å². The first-order chi connectivity index (χ1) is 13.2. The van der Waals surface area contributed by atoms with Crippen molar-refractivity contribution < 1.29 is 13.7 Å². The molecule has 0 amide bonds. The highest BCUT2D eigenvalue weighted by molar-refractivity contribution is 7.98. The summed E-state index contributed by atoms with van der Waals surface area (Å²) in [6, 6.07) is 11.2. The highest BCUT2D eigenvalue weighted by atomic mass is 32.2. The number of ether oxygens (including phenoxy) is 1. The molecule has 138 valence electrons. The van der Waals surface area contributed by atoms with Gasteiger partial charge >= 0.3 is 0 Å². The largest absolute Gasteiger partial charge is 0.497 e. The molecule has 2 N–H and O–H groups in total. The molecule has 27 heavy (non-hydrogen) atoms. The number of nitrogens with two attached hydrogens (primary N) is 1. The molecule has 0 spiro atoms. The standard InChI is InChI=1S/C17H16N6O3S/c1-24-12-6-4-11(5-7-12)9-15-20-21-17(23(15)18)27-10-14-19-16(26-22-14)13-3-2-8-25-13/h2-8H,9-10,18H2,1H3. The maximum absolute atomic E-state index is 6.12. The fourth-order valence-corrected chi connectivity index (χ4v) is 3.11. The van der Waals surface area contributed by atoms with Crippen LogP contribution in [0.4, 0.5) is 0 Å². The van der Waals surface area contributed by atoms with Gasteiger partial charge in [-0.1, -0.05) is 29.1 Å². The summed E-state index contributed by atoms with van der Waals surface area (Å²) in [5, 5.41) is 12.8. The van der Waals surface area contributed by atoms with E-state index in [0.717, 1.165) is 11.3 Å². The molecule has 0 bridgehead atoms. The van der Waals surface area contributed by atoms with Gasteiger partial charge in [-0.25, -0.2) is 4.68 Å². The SMILES string of the molecule is COc1ccc(Cc2nnc(SCc3noc(-c4ccco4)n3)n2N)cc1. The number of methoxy groups -OCH3 is 1. The fraction of sp³-hybridized carbons (Fsp3) is 0.176. The topological polar surface area (TPSA) is 118 Å². The van der Waals surface area contributed by atoms with Crippen LogP contribution in [0.15, 0.2) is 56.8 Å². The predicted octanol–water partition coefficient (Wildman–Crippen LogP) is 2.53. The van der Waals surface area contributed by atoms with Crippen LogP contribution in [0.3, 0.4) is 0 Å². The van der Waals surface area contributed by atoms with Crippen LogP contribution in [0.2, 0.25) is 0 Å². The Bertz CT molecular complexity index is 1010. The van der Waals surface area contributed by atoms with Crippen LogP contribution in [0.5, 0.6) is 5.75 Å². The second kappa shape index (κ2) is 7.54. The summed E-state index contributed by atoms with van der Waals surface area (Å²) in [6.07, 6.45) is 2.12. The first-order valence-electron chi connectivity index (χ1n) is 8.04. The molecule has 3 aromatic heterocycles. The van der Waals surface area contributed by atoms with E-state index in [2.05, 4.69) is 20.3 Å². The summed E-state index contributed by atoms with van der Waals surface area (Å²) in [7, 11) is 1.64. The Morgan fingerprint density at radius 1 is 1.19 bits per heavy atom. The van der Waals surface area contributed by atoms with Gasteiger partial charge in [0.1, 0.15) is 5.75 Å². The van der Waals surface area contributed by atoms with Gasteiger partial charge in [-0.2, -0.15) is 4.98 Å². The van der Waals surface area contributed by atoms with Crippen molar-refractivity contribution in [2.24, 2.45) is 0 Å². The number of hydrogen-bond donors (Lipinski definition) is 1. The Kier molecular flexibility index (Phi) is 4.79. The van der Waals surface area contributed by atoms with Gasteiger partial charge in [-0.3, -0.25) is 0 Å². The lowest BCUT2D eigenvalue weighted by Gasteiger charge is -2.04. The number of nitrogens with zero attached hydrogens (tertiary/aromatic N) is 5. The molecule has 0 aliphatic rings. The van der Waals surface area contributed by atoms with Gasteiger partial charge in [0.05, 0.1) is 19.1 Å². The van der Waals surface area contributed by atoms with Gasteiger partial charge < -0.3 is 19.5 Å². The average molecular weight is 384 g/mol. The zero-order valence-electron chi connectivity index (χ0n) is 14.4. The Labute approximate surface area is 158 Å². The van der Waals surface area contributed by atoms with Crippen LogP contribution >= 0.6 is 11.8 Å². The first-order valence-corrected chi connectivity index (χ1v) is 9.03. The van der Waals surface area contributed by atoms with Crippen molar-refractivity contribution in [1.29, 1.82) is 0 Å². The van der Waals surface area contributed by atoms with Gasteiger partial charge in [0.15, 0.2) is 17.4 Å². The molecule has 0 atom stereocenters. The minimum atomic E-state index is 0.338. The maximum atomic E-state index is 6.12. The summed E-state index contributed by atoms with van der Waals surface area (Å²) in [5.41, 5.74) is 1.06. The number of furan rings is 1. The maximum Gasteiger partial charge on any atom is 0.293 e. The minimum Gasteiger partial charge on any atom is -0.497 e. The first kappa shape index (κ1) is 17.2. The third kappa shape index (κ3) is 3.80. The minimum absolute atomic E-state index is 0.338. The van der Waals surface area contributed by atoms with Crippen LogP contribution in [0, 0.1) is 0 Å². The van der Waals surface area contributed by atoms with Crippen molar-refractivity contribution in [3.63, 3.8) is 0 Å². The van der Waals surface area contributed by atoms with Crippen molar-refractivity contribution in [3.8, 4) is 17.4 Å². The molecule has 0 fully saturated rings. The lowest BCUT2D eigenvalue weighted by Crippen LogP contribution is -2.14. The van der Waals surface area contributed by atoms with E-state index in [0.29, 0.717) is 40.6 Å². The number of rotatable bonds is 7. The predicted molar refractivity (Wildman–Crippen MR) is 97.5 cm³/mol. The molecular formula is C17H16N6O3S. The molecule has 3 heterocycles. The number of benzene rings is 1. The second-order valence-electron chi connectivity index (χ2n) is 5.58. The average Bonchev–Trinajstić information content (AvgIpc) is 3.43. The molecule has 4 aromatic rings. The molecule has 0 saturated carbocycles. The fourth-order valence-electron chi connectivity index (χ4n) is 2.39. The molecule has 9 nitrogen and oxygen atoms in total. The summed E-state index contributed by atoms with van der Waals surface area (Å²) in [4.78, 5) is 4.29. The quantitative estimate of drug-likeness (QED) is 0.379. The Morgan fingerprint density at radius 2 is 2.04 bits per heavy atom. The van der Waals surface area contributed by atoms with Crippen molar-refractivity contribution in [1.82, 2.24) is 25.0 Å². The molecule has 0 aliphatic carbocycles. The Morgan fingerprint density at radius 3 is 2.78 bits per heavy atom. The van der Waals surface area contributed by atoms with E-state index >= 15 is 0 Å². The van der Waals surface area contributed by atoms with Crippen molar-refractivity contribution in [2.75, 3.05) is 13.0 Å². The summed E-state index contributed by atoms with van der Waals surface area (Å²) < 4.78 is 17.0. The van der Waals surface area contributed by atoms with Gasteiger partial charge in [0, 0.05) is 6.42 Å². The molecule has 0 aliphatic heterocycles. The van der Waals surface area contributed by atoms with Crippen LogP contribution < -0.4 is 10.6 Å². The van der Waals surface area contributed by atoms with Crippen LogP contribution in [-0.4, -0.2) is 32.1 Å².